The molecule has 0 aliphatic heterocycles. The average Bonchev–Trinajstić information content (AvgIpc) is 2.89. The molecular formula is C26H20N4O3S. The van der Waals surface area contributed by atoms with Gasteiger partial charge in [-0.05, 0) is 65.2 Å². The molecule has 34 heavy (non-hydrogen) atoms. The van der Waals surface area contributed by atoms with Crippen LogP contribution in [0.1, 0.15) is 0 Å². The third kappa shape index (κ3) is 4.18. The minimum absolute atomic E-state index is 0.154. The van der Waals surface area contributed by atoms with E-state index in [1.165, 1.54) is 19.2 Å². The Morgan fingerprint density at radius 1 is 0.794 bits per heavy atom. The third-order valence-corrected chi connectivity index (χ3v) is 6.79. The second-order valence-corrected chi connectivity index (χ2v) is 9.21. The van der Waals surface area contributed by atoms with Crippen LogP contribution in [0.25, 0.3) is 33.2 Å². The largest absolute Gasteiger partial charge is 0.480 e. The molecule has 5 rings (SSSR count). The number of pyridine rings is 3. The summed E-state index contributed by atoms with van der Waals surface area (Å²) >= 11 is 0. The number of sulfonamides is 1. The zero-order valence-electron chi connectivity index (χ0n) is 18.2. The second kappa shape index (κ2) is 8.92. The van der Waals surface area contributed by atoms with Gasteiger partial charge in [0.05, 0.1) is 17.5 Å². The van der Waals surface area contributed by atoms with Crippen molar-refractivity contribution in [1.29, 1.82) is 0 Å². The van der Waals surface area contributed by atoms with Gasteiger partial charge in [-0.25, -0.2) is 13.4 Å². The van der Waals surface area contributed by atoms with E-state index in [1.807, 2.05) is 36.4 Å². The molecule has 0 amide bonds. The van der Waals surface area contributed by atoms with Gasteiger partial charge in [-0.1, -0.05) is 24.3 Å². The van der Waals surface area contributed by atoms with Crippen LogP contribution in [0.3, 0.4) is 0 Å². The predicted molar refractivity (Wildman–Crippen MR) is 132 cm³/mol. The Labute approximate surface area is 197 Å². The number of nitrogens with zero attached hydrogens (tertiary/aromatic N) is 3. The molecule has 168 valence electrons. The SMILES string of the molecule is COc1ncc(-c2ccc3nccc(-c4ccncc4)c3c2)cc1NS(=O)(=O)c1ccccc1. The van der Waals surface area contributed by atoms with Gasteiger partial charge in [0.15, 0.2) is 0 Å². The molecule has 5 aromatic rings. The highest BCUT2D eigenvalue weighted by Gasteiger charge is 2.18. The highest BCUT2D eigenvalue weighted by molar-refractivity contribution is 7.92. The molecular weight excluding hydrogens is 448 g/mol. The van der Waals surface area contributed by atoms with Crippen LogP contribution in [0, 0.1) is 0 Å². The first kappa shape index (κ1) is 21.5. The smallest absolute Gasteiger partial charge is 0.262 e. The number of hydrogen-bond acceptors (Lipinski definition) is 6. The number of anilines is 1. The van der Waals surface area contributed by atoms with E-state index >= 15 is 0 Å². The second-order valence-electron chi connectivity index (χ2n) is 7.53. The van der Waals surface area contributed by atoms with Crippen molar-refractivity contribution in [1.82, 2.24) is 15.0 Å². The maximum Gasteiger partial charge on any atom is 0.262 e. The van der Waals surface area contributed by atoms with Gasteiger partial charge in [-0.3, -0.25) is 14.7 Å². The zero-order chi connectivity index (χ0) is 23.5. The van der Waals surface area contributed by atoms with Gasteiger partial charge in [0, 0.05) is 35.7 Å². The van der Waals surface area contributed by atoms with Gasteiger partial charge in [-0.2, -0.15) is 0 Å². The maximum absolute atomic E-state index is 12.9. The van der Waals surface area contributed by atoms with Crippen LogP contribution in [-0.4, -0.2) is 30.5 Å². The number of aromatic nitrogens is 3. The number of nitrogens with one attached hydrogen (secondary N) is 1. The Morgan fingerprint density at radius 2 is 1.59 bits per heavy atom. The number of hydrogen-bond donors (Lipinski definition) is 1. The normalized spacial score (nSPS) is 11.3. The summed E-state index contributed by atoms with van der Waals surface area (Å²) in [6.07, 6.45) is 6.94. The van der Waals surface area contributed by atoms with Crippen molar-refractivity contribution in [2.24, 2.45) is 0 Å². The highest BCUT2D eigenvalue weighted by Crippen LogP contribution is 2.34. The van der Waals surface area contributed by atoms with E-state index in [0.29, 0.717) is 0 Å². The van der Waals surface area contributed by atoms with Crippen LogP contribution < -0.4 is 9.46 Å². The Morgan fingerprint density at radius 3 is 2.35 bits per heavy atom. The minimum atomic E-state index is -3.81. The Hall–Kier alpha value is -4.30. The lowest BCUT2D eigenvalue weighted by Crippen LogP contribution is -2.14. The summed E-state index contributed by atoms with van der Waals surface area (Å²) in [4.78, 5) is 13.1. The van der Waals surface area contributed by atoms with Crippen LogP contribution in [0.2, 0.25) is 0 Å². The molecule has 8 heteroatoms. The molecule has 0 bridgehead atoms. The molecule has 0 aliphatic rings. The lowest BCUT2D eigenvalue weighted by atomic mass is 9.98. The standard InChI is InChI=1S/C26H20N4O3S/c1-33-26-25(30-34(31,32)21-5-3-2-4-6-21)16-20(17-29-26)19-7-8-24-23(15-19)22(11-14-28-24)18-9-12-27-13-10-18/h2-17,30H,1H3. The van der Waals surface area contributed by atoms with Gasteiger partial charge >= 0.3 is 0 Å². The highest BCUT2D eigenvalue weighted by atomic mass is 32.2. The van der Waals surface area contributed by atoms with Crippen molar-refractivity contribution in [3.8, 4) is 28.1 Å². The molecule has 7 nitrogen and oxygen atoms in total. The van der Waals surface area contributed by atoms with E-state index in [9.17, 15) is 8.42 Å². The summed E-state index contributed by atoms with van der Waals surface area (Å²) in [7, 11) is -2.36. The van der Waals surface area contributed by atoms with Crippen molar-refractivity contribution >= 4 is 26.6 Å². The fraction of sp³-hybridized carbons (Fsp3) is 0.0385. The van der Waals surface area contributed by atoms with E-state index in [-0.39, 0.29) is 16.5 Å². The quantitative estimate of drug-likeness (QED) is 0.370. The lowest BCUT2D eigenvalue weighted by molar-refractivity contribution is 0.400. The molecule has 0 saturated carbocycles. The minimum Gasteiger partial charge on any atom is -0.480 e. The number of benzene rings is 2. The number of ether oxygens (including phenoxy) is 1. The van der Waals surface area contributed by atoms with Crippen molar-refractivity contribution in [2.75, 3.05) is 11.8 Å². The molecule has 0 saturated heterocycles. The molecule has 0 aliphatic carbocycles. The number of rotatable bonds is 6. The van der Waals surface area contributed by atoms with E-state index in [4.69, 9.17) is 4.74 Å². The summed E-state index contributed by atoms with van der Waals surface area (Å²) in [6.45, 7) is 0. The molecule has 3 aromatic heterocycles. The van der Waals surface area contributed by atoms with Gasteiger partial charge in [0.25, 0.3) is 10.0 Å². The third-order valence-electron chi connectivity index (χ3n) is 5.41. The summed E-state index contributed by atoms with van der Waals surface area (Å²) in [5, 5.41) is 0.966. The van der Waals surface area contributed by atoms with Crippen LogP contribution in [0.4, 0.5) is 5.69 Å². The summed E-state index contributed by atoms with van der Waals surface area (Å²) in [5.74, 6) is 0.184. The van der Waals surface area contributed by atoms with Crippen molar-refractivity contribution in [2.45, 2.75) is 4.90 Å². The molecule has 0 fully saturated rings. The van der Waals surface area contributed by atoms with E-state index < -0.39 is 10.0 Å². The zero-order valence-corrected chi connectivity index (χ0v) is 19.0. The molecule has 1 N–H and O–H groups in total. The van der Waals surface area contributed by atoms with E-state index in [2.05, 4.69) is 19.7 Å². The fourth-order valence-corrected chi connectivity index (χ4v) is 4.83. The first-order valence-electron chi connectivity index (χ1n) is 10.5. The van der Waals surface area contributed by atoms with Gasteiger partial charge in [0.1, 0.15) is 5.69 Å². The van der Waals surface area contributed by atoms with Crippen molar-refractivity contribution < 1.29 is 13.2 Å². The van der Waals surface area contributed by atoms with Crippen LogP contribution in [0.5, 0.6) is 5.88 Å². The molecule has 0 unspecified atom stereocenters. The molecule has 0 radical (unpaired) electrons. The lowest BCUT2D eigenvalue weighted by Gasteiger charge is -2.13. The van der Waals surface area contributed by atoms with E-state index in [0.717, 1.165) is 33.2 Å². The van der Waals surface area contributed by atoms with Gasteiger partial charge in [0.2, 0.25) is 5.88 Å². The molecule has 0 atom stereocenters. The van der Waals surface area contributed by atoms with Gasteiger partial charge < -0.3 is 4.74 Å². The summed E-state index contributed by atoms with van der Waals surface area (Å²) in [5.41, 5.74) is 4.77. The number of methoxy groups -OCH3 is 1. The Kier molecular flexibility index (Phi) is 5.65. The van der Waals surface area contributed by atoms with Crippen LogP contribution in [-0.2, 0) is 10.0 Å². The van der Waals surface area contributed by atoms with Gasteiger partial charge in [-0.15, -0.1) is 0 Å². The maximum atomic E-state index is 12.9. The van der Waals surface area contributed by atoms with Crippen LogP contribution in [0.15, 0.2) is 102 Å². The monoisotopic (exact) mass is 468 g/mol. The number of fused-ring (bicyclic) bond motifs is 1. The summed E-state index contributed by atoms with van der Waals surface area (Å²) < 4.78 is 33.7. The first-order chi connectivity index (χ1) is 16.5. The average molecular weight is 469 g/mol. The Balaban J connectivity index is 1.59. The van der Waals surface area contributed by atoms with Crippen LogP contribution >= 0.6 is 0 Å². The summed E-state index contributed by atoms with van der Waals surface area (Å²) in [6, 6.07) is 21.6. The molecule has 0 spiro atoms. The van der Waals surface area contributed by atoms with E-state index in [1.54, 1.807) is 49.1 Å². The fourth-order valence-electron chi connectivity index (χ4n) is 3.76. The van der Waals surface area contributed by atoms with Crippen molar-refractivity contribution in [3.05, 3.63) is 97.6 Å². The topological polar surface area (TPSA) is 94.1 Å². The predicted octanol–water partition coefficient (Wildman–Crippen LogP) is 5.17. The molecule has 2 aromatic carbocycles. The first-order valence-corrected chi connectivity index (χ1v) is 11.9. The van der Waals surface area contributed by atoms with Crippen molar-refractivity contribution in [3.63, 3.8) is 0 Å². The molecule has 3 heterocycles. The Bertz CT molecular complexity index is 1570.